The van der Waals surface area contributed by atoms with Gasteiger partial charge in [0, 0.05) is 18.0 Å². The van der Waals surface area contributed by atoms with Crippen LogP contribution in [0.2, 0.25) is 0 Å². The maximum absolute atomic E-state index is 11.2. The molecule has 31 heavy (non-hydrogen) atoms. The van der Waals surface area contributed by atoms with Gasteiger partial charge in [0.25, 0.3) is 0 Å². The lowest BCUT2D eigenvalue weighted by Crippen LogP contribution is -2.50. The van der Waals surface area contributed by atoms with E-state index in [1.54, 1.807) is 5.57 Å². The Morgan fingerprint density at radius 2 is 1.81 bits per heavy atom. The highest BCUT2D eigenvalue weighted by Crippen LogP contribution is 2.67. The summed E-state index contributed by atoms with van der Waals surface area (Å²) in [6.07, 6.45) is 12.2. The monoisotopic (exact) mass is 428 g/mol. The number of carbonyl (C=O) groups is 1. The Kier molecular flexibility index (Phi) is 5.74. The molecule has 4 heteroatoms. The zero-order valence-electron chi connectivity index (χ0n) is 20.7. The van der Waals surface area contributed by atoms with Gasteiger partial charge in [0.05, 0.1) is 6.10 Å². The van der Waals surface area contributed by atoms with Crippen LogP contribution in [0.1, 0.15) is 73.1 Å². The van der Waals surface area contributed by atoms with Gasteiger partial charge in [0.1, 0.15) is 0 Å². The van der Waals surface area contributed by atoms with Crippen molar-refractivity contribution >= 4 is 6.41 Å². The van der Waals surface area contributed by atoms with E-state index in [0.717, 1.165) is 19.3 Å². The minimum atomic E-state index is -0.363. The molecule has 0 aromatic carbocycles. The number of fused-ring (bicyclic) bond motifs is 4. The Morgan fingerprint density at radius 3 is 2.45 bits per heavy atom. The molecule has 1 amide bonds. The molecule has 2 N–H and O–H groups in total. The van der Waals surface area contributed by atoms with E-state index in [0.29, 0.717) is 17.9 Å². The predicted molar refractivity (Wildman–Crippen MR) is 126 cm³/mol. The quantitative estimate of drug-likeness (QED) is 0.646. The van der Waals surface area contributed by atoms with E-state index < -0.39 is 0 Å². The topological polar surface area (TPSA) is 52.6 Å². The summed E-state index contributed by atoms with van der Waals surface area (Å²) >= 11 is 0. The summed E-state index contributed by atoms with van der Waals surface area (Å²) in [6, 6.07) is 0.610. The summed E-state index contributed by atoms with van der Waals surface area (Å²) < 4.78 is 0. The number of aliphatic hydroxyl groups excluding tert-OH is 1. The van der Waals surface area contributed by atoms with Crippen molar-refractivity contribution in [2.45, 2.75) is 91.3 Å². The van der Waals surface area contributed by atoms with Crippen LogP contribution in [0.15, 0.2) is 23.3 Å². The molecule has 4 aliphatic carbocycles. The first-order valence-electron chi connectivity index (χ1n) is 12.4. The summed E-state index contributed by atoms with van der Waals surface area (Å²) in [5, 5.41) is 14.2. The molecule has 0 saturated heterocycles. The van der Waals surface area contributed by atoms with E-state index in [-0.39, 0.29) is 34.3 Å². The first kappa shape index (κ1) is 23.0. The summed E-state index contributed by atoms with van der Waals surface area (Å²) in [7, 11) is 4.47. The molecule has 8 atom stereocenters. The highest BCUT2D eigenvalue weighted by molar-refractivity contribution is 5.47. The molecule has 0 radical (unpaired) electrons. The van der Waals surface area contributed by atoms with E-state index in [9.17, 15) is 9.90 Å². The van der Waals surface area contributed by atoms with Gasteiger partial charge in [-0.3, -0.25) is 4.79 Å². The smallest absolute Gasteiger partial charge is 0.207 e. The molecular formula is C27H44N2O2. The summed E-state index contributed by atoms with van der Waals surface area (Å²) in [5.41, 5.74) is 3.50. The zero-order chi connectivity index (χ0) is 22.8. The molecule has 0 bridgehead atoms. The largest absolute Gasteiger partial charge is 0.393 e. The van der Waals surface area contributed by atoms with Crippen LogP contribution in [0, 0.1) is 34.0 Å². The van der Waals surface area contributed by atoms with Gasteiger partial charge >= 0.3 is 0 Å². The van der Waals surface area contributed by atoms with Crippen LogP contribution in [0.3, 0.4) is 0 Å². The summed E-state index contributed by atoms with van der Waals surface area (Å²) in [4.78, 5) is 13.6. The second-order valence-corrected chi connectivity index (χ2v) is 12.4. The predicted octanol–water partition coefficient (Wildman–Crippen LogP) is 4.55. The molecule has 0 aromatic heterocycles. The number of rotatable bonds is 4. The number of allylic oxidation sites excluding steroid dienone is 4. The van der Waals surface area contributed by atoms with Crippen LogP contribution in [0.5, 0.6) is 0 Å². The second-order valence-electron chi connectivity index (χ2n) is 12.4. The highest BCUT2D eigenvalue weighted by Gasteiger charge is 2.64. The molecule has 4 nitrogen and oxygen atoms in total. The standard InChI is InChI=1S/C27H44N2O2/c1-17(28-16-30)24-22(31)15-27(5)21-10-9-20-18(14-19(21)12-13-26(24,27)4)8-11-23(29(6)7)25(20,2)3/h12,14,16-17,20-24,31H,8-11,13,15H2,1-7H3,(H,28,30)/t17-,20-,21+,22+,23-,24-,26+,27-/m0/s1. The Balaban J connectivity index is 1.69. The Labute approximate surface area is 189 Å². The van der Waals surface area contributed by atoms with Gasteiger partial charge in [-0.2, -0.15) is 0 Å². The molecule has 0 unspecified atom stereocenters. The Morgan fingerprint density at radius 1 is 1.13 bits per heavy atom. The van der Waals surface area contributed by atoms with E-state index in [4.69, 9.17) is 0 Å². The van der Waals surface area contributed by atoms with Crippen molar-refractivity contribution in [1.82, 2.24) is 10.2 Å². The number of amides is 1. The van der Waals surface area contributed by atoms with Crippen molar-refractivity contribution in [2.24, 2.45) is 34.0 Å². The van der Waals surface area contributed by atoms with Crippen LogP contribution in [-0.2, 0) is 4.79 Å². The third-order valence-corrected chi connectivity index (χ3v) is 10.5. The molecule has 174 valence electrons. The van der Waals surface area contributed by atoms with E-state index in [1.807, 2.05) is 0 Å². The van der Waals surface area contributed by atoms with Crippen molar-refractivity contribution in [2.75, 3.05) is 14.1 Å². The fourth-order valence-corrected chi connectivity index (χ4v) is 8.85. The maximum atomic E-state index is 11.2. The number of hydrogen-bond acceptors (Lipinski definition) is 3. The van der Waals surface area contributed by atoms with Crippen LogP contribution in [0.25, 0.3) is 0 Å². The lowest BCUT2D eigenvalue weighted by molar-refractivity contribution is -0.111. The number of nitrogens with one attached hydrogen (secondary N) is 1. The molecular weight excluding hydrogens is 384 g/mol. The van der Waals surface area contributed by atoms with Gasteiger partial charge in [-0.25, -0.2) is 0 Å². The van der Waals surface area contributed by atoms with Crippen molar-refractivity contribution in [3.8, 4) is 0 Å². The van der Waals surface area contributed by atoms with Crippen molar-refractivity contribution in [1.29, 1.82) is 0 Å². The molecule has 2 fully saturated rings. The van der Waals surface area contributed by atoms with Gasteiger partial charge in [0.15, 0.2) is 0 Å². The average molecular weight is 429 g/mol. The minimum absolute atomic E-state index is 0.00822. The minimum Gasteiger partial charge on any atom is -0.393 e. The molecule has 4 rings (SSSR count). The van der Waals surface area contributed by atoms with E-state index >= 15 is 0 Å². The van der Waals surface area contributed by atoms with Gasteiger partial charge in [-0.15, -0.1) is 0 Å². The molecule has 0 spiro atoms. The fourth-order valence-electron chi connectivity index (χ4n) is 8.85. The SMILES string of the molecule is C[C@H](NC=O)[C@H]1[C@H](O)C[C@@]2(C)[C@@H]3CC[C@H]4C(=CC3=CC[C@]12C)CC[C@H](N(C)C)C4(C)C. The third-order valence-electron chi connectivity index (χ3n) is 10.5. The zero-order valence-corrected chi connectivity index (χ0v) is 20.7. The van der Waals surface area contributed by atoms with E-state index in [2.05, 4.69) is 71.1 Å². The fraction of sp³-hybridized carbons (Fsp3) is 0.815. The molecule has 4 aliphatic rings. The first-order chi connectivity index (χ1) is 14.5. The molecule has 0 aromatic rings. The average Bonchev–Trinajstić information content (AvgIpc) is 2.79. The number of hydrogen-bond donors (Lipinski definition) is 2. The van der Waals surface area contributed by atoms with Crippen LogP contribution in [0.4, 0.5) is 0 Å². The van der Waals surface area contributed by atoms with Crippen LogP contribution in [-0.4, -0.2) is 48.7 Å². The van der Waals surface area contributed by atoms with Crippen molar-refractivity contribution < 1.29 is 9.90 Å². The first-order valence-corrected chi connectivity index (χ1v) is 12.4. The Hall–Kier alpha value is -1.13. The summed E-state index contributed by atoms with van der Waals surface area (Å²) in [6.45, 7) is 11.8. The molecule has 0 heterocycles. The third kappa shape index (κ3) is 3.27. The lowest BCUT2D eigenvalue weighted by Gasteiger charge is -2.53. The van der Waals surface area contributed by atoms with Crippen molar-refractivity contribution in [3.63, 3.8) is 0 Å². The van der Waals surface area contributed by atoms with Gasteiger partial charge in [-0.05, 0) is 93.2 Å². The maximum Gasteiger partial charge on any atom is 0.207 e. The van der Waals surface area contributed by atoms with Crippen LogP contribution < -0.4 is 5.32 Å². The lowest BCUT2D eigenvalue weighted by atomic mass is 9.51. The number of nitrogens with zero attached hydrogens (tertiary/aromatic N) is 1. The van der Waals surface area contributed by atoms with Crippen molar-refractivity contribution in [3.05, 3.63) is 23.3 Å². The Bertz CT molecular complexity index is 784. The van der Waals surface area contributed by atoms with Gasteiger partial charge < -0.3 is 15.3 Å². The van der Waals surface area contributed by atoms with Gasteiger partial charge in [-0.1, -0.05) is 45.4 Å². The number of carbonyl (C=O) groups excluding carboxylic acids is 1. The van der Waals surface area contributed by atoms with Crippen LogP contribution >= 0.6 is 0 Å². The molecule has 0 aliphatic heterocycles. The normalized spacial score (nSPS) is 44.9. The second kappa shape index (κ2) is 7.73. The summed E-state index contributed by atoms with van der Waals surface area (Å²) in [5.74, 6) is 1.21. The number of aliphatic hydroxyl groups is 1. The van der Waals surface area contributed by atoms with E-state index in [1.165, 1.54) is 31.3 Å². The highest BCUT2D eigenvalue weighted by atomic mass is 16.3. The van der Waals surface area contributed by atoms with Gasteiger partial charge in [0.2, 0.25) is 6.41 Å². The molecule has 2 saturated carbocycles.